The van der Waals surface area contributed by atoms with Gasteiger partial charge in [-0.3, -0.25) is 25.0 Å². The molecule has 0 aliphatic rings. The average Bonchev–Trinajstić information content (AvgIpc) is 2.81. The van der Waals surface area contributed by atoms with Crippen LogP contribution in [-0.4, -0.2) is 35.4 Å². The summed E-state index contributed by atoms with van der Waals surface area (Å²) in [6.07, 6.45) is 2.74. The number of nitrogens with one attached hydrogen (secondary N) is 1. The molecular formula is C21H16N4O8. The number of hydrogen-bond donors (Lipinski definition) is 1. The number of carbonyl (C=O) groups is 2. The lowest BCUT2D eigenvalue weighted by molar-refractivity contribution is -0.394. The number of amides is 1. The smallest absolute Gasteiger partial charge is 0.344 e. The number of methoxy groups -OCH3 is 1. The van der Waals surface area contributed by atoms with Crippen LogP contribution in [0.1, 0.15) is 15.9 Å². The van der Waals surface area contributed by atoms with Crippen molar-refractivity contribution in [3.05, 3.63) is 86.0 Å². The molecule has 0 saturated carbocycles. The molecule has 12 heteroatoms. The van der Waals surface area contributed by atoms with Crippen LogP contribution in [0.2, 0.25) is 0 Å². The summed E-state index contributed by atoms with van der Waals surface area (Å²) < 4.78 is 10.4. The minimum absolute atomic E-state index is 0.0424. The Morgan fingerprint density at radius 1 is 1.12 bits per heavy atom. The van der Waals surface area contributed by atoms with Crippen LogP contribution < -0.4 is 14.8 Å². The standard InChI is InChI=1S/C21H16N4O8/c1-3-6-23-20(26)15(12-22)7-13-4-5-18(19(8-13)32-2)33-21(27)14-9-16(24(28)29)11-17(10-14)25(30)31/h3-5,7-11H,1,6H2,2H3,(H,23,26). The summed E-state index contributed by atoms with van der Waals surface area (Å²) in [4.78, 5) is 44.7. The minimum Gasteiger partial charge on any atom is -0.493 e. The topological polar surface area (TPSA) is 175 Å². The lowest BCUT2D eigenvalue weighted by Crippen LogP contribution is -2.24. The van der Waals surface area contributed by atoms with E-state index in [4.69, 9.17) is 9.47 Å². The Hall–Kier alpha value is -5.05. The number of benzene rings is 2. The maximum Gasteiger partial charge on any atom is 0.344 e. The highest BCUT2D eigenvalue weighted by Gasteiger charge is 2.22. The van der Waals surface area contributed by atoms with Crippen molar-refractivity contribution in [2.24, 2.45) is 0 Å². The van der Waals surface area contributed by atoms with Crippen LogP contribution in [-0.2, 0) is 4.79 Å². The van der Waals surface area contributed by atoms with E-state index in [9.17, 15) is 35.1 Å². The predicted octanol–water partition coefficient (Wildman–Crippen LogP) is 2.94. The summed E-state index contributed by atoms with van der Waals surface area (Å²) >= 11 is 0. The largest absolute Gasteiger partial charge is 0.493 e. The maximum atomic E-state index is 12.5. The Morgan fingerprint density at radius 3 is 2.27 bits per heavy atom. The highest BCUT2D eigenvalue weighted by Crippen LogP contribution is 2.31. The van der Waals surface area contributed by atoms with Gasteiger partial charge in [-0.1, -0.05) is 12.1 Å². The van der Waals surface area contributed by atoms with Crippen molar-refractivity contribution < 1.29 is 28.9 Å². The fourth-order valence-corrected chi connectivity index (χ4v) is 2.52. The average molecular weight is 452 g/mol. The molecule has 1 N–H and O–H groups in total. The van der Waals surface area contributed by atoms with E-state index >= 15 is 0 Å². The molecule has 0 aliphatic heterocycles. The molecule has 2 rings (SSSR count). The molecule has 1 amide bonds. The Kier molecular flexibility index (Phi) is 7.94. The third-order valence-electron chi connectivity index (χ3n) is 4.03. The molecule has 0 radical (unpaired) electrons. The Bertz CT molecular complexity index is 1180. The van der Waals surface area contributed by atoms with E-state index in [0.29, 0.717) is 5.56 Å². The zero-order chi connectivity index (χ0) is 24.5. The molecule has 2 aromatic rings. The number of hydrogen-bond acceptors (Lipinski definition) is 9. The Labute approximate surface area is 186 Å². The van der Waals surface area contributed by atoms with Crippen LogP contribution >= 0.6 is 0 Å². The van der Waals surface area contributed by atoms with Crippen LogP contribution in [0, 0.1) is 31.6 Å². The molecule has 0 aliphatic carbocycles. The van der Waals surface area contributed by atoms with Crippen LogP contribution in [0.25, 0.3) is 6.08 Å². The van der Waals surface area contributed by atoms with E-state index in [0.717, 1.165) is 18.2 Å². The zero-order valence-corrected chi connectivity index (χ0v) is 17.1. The number of non-ortho nitro benzene ring substituents is 2. The SMILES string of the molecule is C=CCNC(=O)C(C#N)=Cc1ccc(OC(=O)c2cc([N+](=O)[O-])cc([N+](=O)[O-])c2)c(OC)c1. The molecule has 0 saturated heterocycles. The van der Waals surface area contributed by atoms with Gasteiger partial charge in [0.25, 0.3) is 17.3 Å². The van der Waals surface area contributed by atoms with Gasteiger partial charge in [0.1, 0.15) is 11.6 Å². The monoisotopic (exact) mass is 452 g/mol. The number of nitro groups is 2. The summed E-state index contributed by atoms with van der Waals surface area (Å²) in [5.74, 6) is -1.76. The van der Waals surface area contributed by atoms with Crippen molar-refractivity contribution in [2.75, 3.05) is 13.7 Å². The van der Waals surface area contributed by atoms with E-state index in [-0.39, 0.29) is 23.6 Å². The summed E-state index contributed by atoms with van der Waals surface area (Å²) in [7, 11) is 1.28. The molecule has 2 aromatic carbocycles. The molecular weight excluding hydrogens is 436 g/mol. The first kappa shape index (κ1) is 24.2. The first-order valence-electron chi connectivity index (χ1n) is 9.05. The fraction of sp³-hybridized carbons (Fsp3) is 0.0952. The van der Waals surface area contributed by atoms with Crippen molar-refractivity contribution >= 4 is 29.3 Å². The van der Waals surface area contributed by atoms with Gasteiger partial charge in [-0.2, -0.15) is 5.26 Å². The summed E-state index contributed by atoms with van der Waals surface area (Å²) in [5, 5.41) is 33.7. The molecule has 0 spiro atoms. The van der Waals surface area contributed by atoms with Crippen LogP contribution in [0.3, 0.4) is 0 Å². The van der Waals surface area contributed by atoms with E-state index in [1.165, 1.54) is 37.5 Å². The molecule has 0 fully saturated rings. The van der Waals surface area contributed by atoms with E-state index in [1.807, 2.05) is 0 Å². The van der Waals surface area contributed by atoms with Gasteiger partial charge in [-0.15, -0.1) is 6.58 Å². The third kappa shape index (κ3) is 6.22. The number of rotatable bonds is 9. The first-order chi connectivity index (χ1) is 15.7. The van der Waals surface area contributed by atoms with Gasteiger partial charge in [0.05, 0.1) is 28.6 Å². The second-order valence-electron chi connectivity index (χ2n) is 6.22. The number of nitro benzene ring substituents is 2. The highest BCUT2D eigenvalue weighted by atomic mass is 16.6. The van der Waals surface area contributed by atoms with Gasteiger partial charge in [0.2, 0.25) is 0 Å². The molecule has 0 heterocycles. The van der Waals surface area contributed by atoms with Crippen molar-refractivity contribution in [3.8, 4) is 17.6 Å². The number of esters is 1. The number of ether oxygens (including phenoxy) is 2. The van der Waals surface area contributed by atoms with Gasteiger partial charge in [-0.05, 0) is 23.8 Å². The van der Waals surface area contributed by atoms with E-state index in [1.54, 1.807) is 6.07 Å². The van der Waals surface area contributed by atoms with Crippen LogP contribution in [0.4, 0.5) is 11.4 Å². The molecule has 0 atom stereocenters. The van der Waals surface area contributed by atoms with Gasteiger partial charge in [-0.25, -0.2) is 4.79 Å². The second-order valence-corrected chi connectivity index (χ2v) is 6.22. The van der Waals surface area contributed by atoms with Crippen molar-refractivity contribution in [3.63, 3.8) is 0 Å². The molecule has 168 valence electrons. The molecule has 12 nitrogen and oxygen atoms in total. The predicted molar refractivity (Wildman–Crippen MR) is 115 cm³/mol. The van der Waals surface area contributed by atoms with Gasteiger partial charge in [0, 0.05) is 18.7 Å². The first-order valence-corrected chi connectivity index (χ1v) is 9.05. The number of carbonyl (C=O) groups excluding carboxylic acids is 2. The molecule has 0 aromatic heterocycles. The van der Waals surface area contributed by atoms with Crippen molar-refractivity contribution in [1.82, 2.24) is 5.32 Å². The minimum atomic E-state index is -1.09. The van der Waals surface area contributed by atoms with Gasteiger partial charge >= 0.3 is 5.97 Å². The lowest BCUT2D eigenvalue weighted by atomic mass is 10.1. The van der Waals surface area contributed by atoms with E-state index < -0.39 is 38.7 Å². The summed E-state index contributed by atoms with van der Waals surface area (Å²) in [6.45, 7) is 3.64. The third-order valence-corrected chi connectivity index (χ3v) is 4.03. The maximum absolute atomic E-state index is 12.5. The lowest BCUT2D eigenvalue weighted by Gasteiger charge is -2.10. The number of nitrogens with zero attached hydrogens (tertiary/aromatic N) is 3. The van der Waals surface area contributed by atoms with Crippen molar-refractivity contribution in [1.29, 1.82) is 5.26 Å². The fourth-order valence-electron chi connectivity index (χ4n) is 2.52. The van der Waals surface area contributed by atoms with Gasteiger partial charge in [0.15, 0.2) is 11.5 Å². The highest BCUT2D eigenvalue weighted by molar-refractivity contribution is 6.01. The molecule has 33 heavy (non-hydrogen) atoms. The second kappa shape index (κ2) is 10.8. The normalized spacial score (nSPS) is 10.5. The van der Waals surface area contributed by atoms with Crippen LogP contribution in [0.15, 0.2) is 54.6 Å². The molecule has 0 bridgehead atoms. The Balaban J connectivity index is 2.35. The summed E-state index contributed by atoms with van der Waals surface area (Å²) in [5.41, 5.74) is -1.52. The zero-order valence-electron chi connectivity index (χ0n) is 17.1. The van der Waals surface area contributed by atoms with Crippen molar-refractivity contribution in [2.45, 2.75) is 0 Å². The van der Waals surface area contributed by atoms with E-state index in [2.05, 4.69) is 11.9 Å². The number of nitriles is 1. The van der Waals surface area contributed by atoms with Crippen LogP contribution in [0.5, 0.6) is 11.5 Å². The quantitative estimate of drug-likeness (QED) is 0.114. The Morgan fingerprint density at radius 2 is 1.76 bits per heavy atom. The molecule has 0 unspecified atom stereocenters. The van der Waals surface area contributed by atoms with Gasteiger partial charge < -0.3 is 14.8 Å². The summed E-state index contributed by atoms with van der Waals surface area (Å²) in [6, 6.07) is 8.31.